The number of hydrogen-bond donors (Lipinski definition) is 1. The van der Waals surface area contributed by atoms with Gasteiger partial charge < -0.3 is 14.4 Å². The van der Waals surface area contributed by atoms with E-state index < -0.39 is 5.54 Å². The van der Waals surface area contributed by atoms with Crippen molar-refractivity contribution >= 4 is 5.91 Å². The quantitative estimate of drug-likeness (QED) is 0.704. The average molecular weight is 406 g/mol. The summed E-state index contributed by atoms with van der Waals surface area (Å²) in [6.07, 6.45) is 7.93. The number of hydrogen-bond acceptors (Lipinski definition) is 5. The van der Waals surface area contributed by atoms with Crippen molar-refractivity contribution in [2.24, 2.45) is 0 Å². The van der Waals surface area contributed by atoms with Crippen LogP contribution in [0, 0.1) is 6.92 Å². The molecule has 3 aromatic rings. The summed E-state index contributed by atoms with van der Waals surface area (Å²) in [6, 6.07) is 10.1. The molecule has 3 heterocycles. The van der Waals surface area contributed by atoms with Crippen LogP contribution in [0.25, 0.3) is 11.4 Å². The summed E-state index contributed by atoms with van der Waals surface area (Å²) < 4.78 is 7.47. The maximum Gasteiger partial charge on any atom is 0.272 e. The number of amides is 1. The molecular weight excluding hydrogens is 378 g/mol. The molecule has 2 aromatic heterocycles. The van der Waals surface area contributed by atoms with Crippen molar-refractivity contribution < 1.29 is 9.32 Å². The molecule has 1 aliphatic carbocycles. The lowest BCUT2D eigenvalue weighted by molar-refractivity contribution is 0.0886. The van der Waals surface area contributed by atoms with Gasteiger partial charge in [-0.1, -0.05) is 54.8 Å². The molecule has 1 saturated carbocycles. The second-order valence-corrected chi connectivity index (χ2v) is 8.44. The van der Waals surface area contributed by atoms with Gasteiger partial charge in [0.1, 0.15) is 17.1 Å². The number of carbonyl (C=O) groups is 1. The molecule has 1 amide bonds. The highest BCUT2D eigenvalue weighted by Crippen LogP contribution is 2.38. The molecule has 7 heteroatoms. The molecule has 5 rings (SSSR count). The van der Waals surface area contributed by atoms with Crippen LogP contribution in [-0.4, -0.2) is 25.6 Å². The Hall–Kier alpha value is -2.96. The Labute approximate surface area is 175 Å². The lowest BCUT2D eigenvalue weighted by Gasteiger charge is -2.26. The number of nitrogens with one attached hydrogen (secondary N) is 1. The van der Waals surface area contributed by atoms with Crippen LogP contribution >= 0.6 is 0 Å². The van der Waals surface area contributed by atoms with Gasteiger partial charge in [-0.2, -0.15) is 4.98 Å². The molecule has 30 heavy (non-hydrogen) atoms. The molecule has 1 aromatic carbocycles. The number of aromatic nitrogens is 4. The number of aryl methyl sites for hydroxylation is 1. The van der Waals surface area contributed by atoms with Crippen LogP contribution in [0.15, 0.2) is 34.9 Å². The van der Waals surface area contributed by atoms with E-state index in [2.05, 4.69) is 32.2 Å². The van der Waals surface area contributed by atoms with Crippen LogP contribution < -0.4 is 5.32 Å². The Bertz CT molecular complexity index is 1050. The molecule has 1 N–H and O–H groups in total. The number of benzene rings is 1. The van der Waals surface area contributed by atoms with Crippen molar-refractivity contribution in [3.05, 3.63) is 53.4 Å². The zero-order valence-electron chi connectivity index (χ0n) is 17.4. The van der Waals surface area contributed by atoms with Gasteiger partial charge in [0.2, 0.25) is 5.89 Å². The molecule has 0 bridgehead atoms. The van der Waals surface area contributed by atoms with Gasteiger partial charge >= 0.3 is 0 Å². The molecule has 7 nitrogen and oxygen atoms in total. The monoisotopic (exact) mass is 405 g/mol. The maximum absolute atomic E-state index is 13.5. The normalized spacial score (nSPS) is 18.0. The number of carbonyl (C=O) groups excluding carboxylic acids is 1. The third kappa shape index (κ3) is 3.32. The van der Waals surface area contributed by atoms with Crippen LogP contribution in [0.2, 0.25) is 0 Å². The highest BCUT2D eigenvalue weighted by Gasteiger charge is 2.42. The van der Waals surface area contributed by atoms with E-state index in [0.29, 0.717) is 17.4 Å². The molecule has 0 radical (unpaired) electrons. The average Bonchev–Trinajstić information content (AvgIpc) is 3.45. The highest BCUT2D eigenvalue weighted by molar-refractivity contribution is 5.95. The van der Waals surface area contributed by atoms with E-state index in [1.807, 2.05) is 18.2 Å². The maximum atomic E-state index is 13.5. The van der Waals surface area contributed by atoms with E-state index in [-0.39, 0.29) is 5.91 Å². The smallest absolute Gasteiger partial charge is 0.272 e. The van der Waals surface area contributed by atoms with E-state index in [4.69, 9.17) is 9.51 Å². The molecule has 2 aliphatic rings. The first-order valence-electron chi connectivity index (χ1n) is 10.9. The molecule has 0 saturated heterocycles. The van der Waals surface area contributed by atoms with E-state index in [1.165, 1.54) is 6.42 Å². The topological polar surface area (TPSA) is 85.8 Å². The Morgan fingerprint density at radius 2 is 1.87 bits per heavy atom. The minimum absolute atomic E-state index is 0.132. The van der Waals surface area contributed by atoms with Gasteiger partial charge in [-0.3, -0.25) is 4.79 Å². The number of imidazole rings is 1. The second-order valence-electron chi connectivity index (χ2n) is 8.44. The molecule has 156 valence electrons. The number of rotatable bonds is 4. The first-order valence-corrected chi connectivity index (χ1v) is 10.9. The second kappa shape index (κ2) is 7.70. The van der Waals surface area contributed by atoms with Gasteiger partial charge in [0, 0.05) is 19.0 Å². The van der Waals surface area contributed by atoms with Crippen molar-refractivity contribution in [1.29, 1.82) is 0 Å². The SMILES string of the molecule is Cc1nc(C2(NC(=O)c3nc(-c4ccccc4)n4c3CCCCC4)CCCC2)no1. The predicted molar refractivity (Wildman–Crippen MR) is 112 cm³/mol. The summed E-state index contributed by atoms with van der Waals surface area (Å²) in [7, 11) is 0. The Balaban J connectivity index is 1.53. The van der Waals surface area contributed by atoms with E-state index in [9.17, 15) is 4.79 Å². The van der Waals surface area contributed by atoms with Crippen LogP contribution in [-0.2, 0) is 18.5 Å². The molecule has 0 spiro atoms. The van der Waals surface area contributed by atoms with Gasteiger partial charge in [0.15, 0.2) is 5.82 Å². The third-order valence-corrected chi connectivity index (χ3v) is 6.38. The van der Waals surface area contributed by atoms with Crippen molar-refractivity contribution in [1.82, 2.24) is 25.0 Å². The van der Waals surface area contributed by atoms with Gasteiger partial charge in [-0.05, 0) is 32.1 Å². The minimum Gasteiger partial charge on any atom is -0.340 e. The van der Waals surface area contributed by atoms with Crippen molar-refractivity contribution in [3.8, 4) is 11.4 Å². The van der Waals surface area contributed by atoms with E-state index >= 15 is 0 Å². The molecule has 1 fully saturated rings. The number of fused-ring (bicyclic) bond motifs is 1. The summed E-state index contributed by atoms with van der Waals surface area (Å²) in [5, 5.41) is 7.42. The first kappa shape index (κ1) is 19.0. The third-order valence-electron chi connectivity index (χ3n) is 6.38. The van der Waals surface area contributed by atoms with Crippen LogP contribution in [0.3, 0.4) is 0 Å². The summed E-state index contributed by atoms with van der Waals surface area (Å²) in [6.45, 7) is 2.68. The minimum atomic E-state index is -0.566. The zero-order valence-corrected chi connectivity index (χ0v) is 17.4. The van der Waals surface area contributed by atoms with Crippen LogP contribution in [0.5, 0.6) is 0 Å². The Morgan fingerprint density at radius 3 is 2.60 bits per heavy atom. The van der Waals surface area contributed by atoms with Crippen LogP contribution in [0.4, 0.5) is 0 Å². The van der Waals surface area contributed by atoms with Gasteiger partial charge in [0.25, 0.3) is 5.91 Å². The fraction of sp³-hybridized carbons (Fsp3) is 0.478. The van der Waals surface area contributed by atoms with Crippen molar-refractivity contribution in [2.75, 3.05) is 0 Å². The zero-order chi connectivity index (χ0) is 20.6. The van der Waals surface area contributed by atoms with Crippen LogP contribution in [0.1, 0.15) is 72.8 Å². The van der Waals surface area contributed by atoms with E-state index in [0.717, 1.165) is 68.6 Å². The van der Waals surface area contributed by atoms with Crippen molar-refractivity contribution in [3.63, 3.8) is 0 Å². The fourth-order valence-electron chi connectivity index (χ4n) is 4.86. The standard InChI is InChI=1S/C23H27N5O2/c1-16-24-22(27-30-16)23(13-7-8-14-23)26-21(29)19-18-12-6-3-9-15-28(18)20(25-19)17-10-4-2-5-11-17/h2,4-5,10-11H,3,6-9,12-15H2,1H3,(H,26,29). The lowest BCUT2D eigenvalue weighted by atomic mass is 9.96. The summed E-state index contributed by atoms with van der Waals surface area (Å²) in [5.41, 5.74) is 2.07. The molecular formula is C23H27N5O2. The summed E-state index contributed by atoms with van der Waals surface area (Å²) in [5.74, 6) is 1.85. The summed E-state index contributed by atoms with van der Waals surface area (Å²) >= 11 is 0. The first-order chi connectivity index (χ1) is 14.7. The fourth-order valence-corrected chi connectivity index (χ4v) is 4.86. The molecule has 0 unspecified atom stereocenters. The van der Waals surface area contributed by atoms with Gasteiger partial charge in [-0.15, -0.1) is 0 Å². The Morgan fingerprint density at radius 1 is 1.07 bits per heavy atom. The van der Waals surface area contributed by atoms with E-state index in [1.54, 1.807) is 6.92 Å². The lowest BCUT2D eigenvalue weighted by Crippen LogP contribution is -2.45. The molecule has 1 aliphatic heterocycles. The Kier molecular flexibility index (Phi) is 4.89. The largest absolute Gasteiger partial charge is 0.340 e. The van der Waals surface area contributed by atoms with Crippen molar-refractivity contribution in [2.45, 2.75) is 70.4 Å². The molecule has 0 atom stereocenters. The van der Waals surface area contributed by atoms with Gasteiger partial charge in [0.05, 0.1) is 5.69 Å². The number of nitrogens with zero attached hydrogens (tertiary/aromatic N) is 4. The van der Waals surface area contributed by atoms with Gasteiger partial charge in [-0.25, -0.2) is 4.98 Å². The highest BCUT2D eigenvalue weighted by atomic mass is 16.5. The summed E-state index contributed by atoms with van der Waals surface area (Å²) in [4.78, 5) is 22.9. The predicted octanol–water partition coefficient (Wildman–Crippen LogP) is 4.17.